The van der Waals surface area contributed by atoms with Gasteiger partial charge in [-0.1, -0.05) is 30.3 Å². The molecule has 20 heavy (non-hydrogen) atoms. The van der Waals surface area contributed by atoms with Gasteiger partial charge in [0, 0.05) is 13.2 Å². The lowest BCUT2D eigenvalue weighted by atomic mass is 10.0. The standard InChI is InChI=1S/C15H19BrN2O2/c1-3-18-13(12(16)10-17-18)14(19)15(20-4-2)11-8-6-5-7-9-11/h5-10,14-15,19H,3-4H2,1-2H3. The predicted molar refractivity (Wildman–Crippen MR) is 81.4 cm³/mol. The molecule has 2 unspecified atom stereocenters. The Kier molecular flexibility index (Phi) is 5.34. The van der Waals surface area contributed by atoms with E-state index in [0.717, 1.165) is 15.7 Å². The van der Waals surface area contributed by atoms with Crippen molar-refractivity contribution in [3.05, 3.63) is 52.3 Å². The molecular formula is C15H19BrN2O2. The fourth-order valence-corrected chi connectivity index (χ4v) is 2.78. The van der Waals surface area contributed by atoms with Gasteiger partial charge in [-0.3, -0.25) is 4.68 Å². The van der Waals surface area contributed by atoms with Crippen molar-refractivity contribution in [2.45, 2.75) is 32.6 Å². The smallest absolute Gasteiger partial charge is 0.127 e. The van der Waals surface area contributed by atoms with E-state index in [4.69, 9.17) is 4.74 Å². The van der Waals surface area contributed by atoms with Gasteiger partial charge in [0.05, 0.1) is 16.4 Å². The van der Waals surface area contributed by atoms with Gasteiger partial charge < -0.3 is 9.84 Å². The van der Waals surface area contributed by atoms with E-state index in [2.05, 4.69) is 21.0 Å². The van der Waals surface area contributed by atoms with E-state index in [-0.39, 0.29) is 0 Å². The van der Waals surface area contributed by atoms with Crippen molar-refractivity contribution in [2.75, 3.05) is 6.61 Å². The van der Waals surface area contributed by atoms with Crippen LogP contribution in [0.5, 0.6) is 0 Å². The van der Waals surface area contributed by atoms with Gasteiger partial charge in [-0.05, 0) is 35.3 Å². The molecule has 0 spiro atoms. The summed E-state index contributed by atoms with van der Waals surface area (Å²) in [4.78, 5) is 0. The lowest BCUT2D eigenvalue weighted by molar-refractivity contribution is -0.0400. The first kappa shape index (κ1) is 15.2. The van der Waals surface area contributed by atoms with E-state index in [1.807, 2.05) is 44.2 Å². The summed E-state index contributed by atoms with van der Waals surface area (Å²) in [7, 11) is 0. The molecule has 0 aliphatic rings. The summed E-state index contributed by atoms with van der Waals surface area (Å²) in [6.45, 7) is 5.16. The summed E-state index contributed by atoms with van der Waals surface area (Å²) < 4.78 is 8.34. The van der Waals surface area contributed by atoms with Crippen LogP contribution in [0.25, 0.3) is 0 Å². The van der Waals surface area contributed by atoms with Gasteiger partial charge in [0.15, 0.2) is 0 Å². The number of halogens is 1. The molecule has 1 aromatic heterocycles. The highest BCUT2D eigenvalue weighted by atomic mass is 79.9. The number of benzene rings is 1. The van der Waals surface area contributed by atoms with Crippen LogP contribution in [0.1, 0.15) is 37.3 Å². The second-order valence-corrected chi connectivity index (χ2v) is 5.28. The highest BCUT2D eigenvalue weighted by Crippen LogP contribution is 2.35. The summed E-state index contributed by atoms with van der Waals surface area (Å²) in [6.07, 6.45) is 0.532. The zero-order valence-corrected chi connectivity index (χ0v) is 13.2. The zero-order chi connectivity index (χ0) is 14.5. The van der Waals surface area contributed by atoms with Crippen LogP contribution in [0.15, 0.2) is 41.0 Å². The van der Waals surface area contributed by atoms with Crippen LogP contribution < -0.4 is 0 Å². The topological polar surface area (TPSA) is 47.3 Å². The first-order chi connectivity index (χ1) is 9.69. The molecule has 0 radical (unpaired) electrons. The average Bonchev–Trinajstić information content (AvgIpc) is 2.86. The van der Waals surface area contributed by atoms with Crippen molar-refractivity contribution in [1.29, 1.82) is 0 Å². The molecule has 0 bridgehead atoms. The van der Waals surface area contributed by atoms with Crippen LogP contribution in [0.4, 0.5) is 0 Å². The molecule has 0 saturated carbocycles. The average molecular weight is 339 g/mol. The van der Waals surface area contributed by atoms with Crippen LogP contribution in [0.2, 0.25) is 0 Å². The number of aliphatic hydroxyl groups is 1. The fraction of sp³-hybridized carbons (Fsp3) is 0.400. The molecule has 1 heterocycles. The number of rotatable bonds is 6. The minimum atomic E-state index is -0.769. The van der Waals surface area contributed by atoms with Crippen LogP contribution in [0, 0.1) is 0 Å². The Bertz CT molecular complexity index is 542. The summed E-state index contributed by atoms with van der Waals surface area (Å²) in [6, 6.07) is 9.76. The van der Waals surface area contributed by atoms with Crippen LogP contribution in [-0.4, -0.2) is 21.5 Å². The van der Waals surface area contributed by atoms with Crippen LogP contribution >= 0.6 is 15.9 Å². The molecule has 1 N–H and O–H groups in total. The largest absolute Gasteiger partial charge is 0.384 e. The van der Waals surface area contributed by atoms with E-state index in [9.17, 15) is 5.11 Å². The van der Waals surface area contributed by atoms with Crippen LogP contribution in [0.3, 0.4) is 0 Å². The maximum absolute atomic E-state index is 10.7. The molecule has 1 aromatic carbocycles. The molecule has 0 aliphatic heterocycles. The van der Waals surface area contributed by atoms with Crippen molar-refractivity contribution >= 4 is 15.9 Å². The number of nitrogens with zero attached hydrogens (tertiary/aromatic N) is 2. The van der Waals surface area contributed by atoms with E-state index in [0.29, 0.717) is 13.2 Å². The number of hydrogen-bond donors (Lipinski definition) is 1. The van der Waals surface area contributed by atoms with Gasteiger partial charge in [0.25, 0.3) is 0 Å². The maximum Gasteiger partial charge on any atom is 0.127 e. The normalized spacial score (nSPS) is 14.2. The molecule has 4 nitrogen and oxygen atoms in total. The van der Waals surface area contributed by atoms with Gasteiger partial charge in [-0.15, -0.1) is 0 Å². The highest BCUT2D eigenvalue weighted by Gasteiger charge is 2.28. The Balaban J connectivity index is 2.36. The molecule has 2 atom stereocenters. The number of aryl methyl sites for hydroxylation is 1. The minimum Gasteiger partial charge on any atom is -0.384 e. The Labute approximate surface area is 127 Å². The molecule has 0 saturated heterocycles. The number of ether oxygens (including phenoxy) is 1. The SMILES string of the molecule is CCOC(c1ccccc1)C(O)c1c(Br)cnn1CC. The third-order valence-electron chi connectivity index (χ3n) is 3.17. The van der Waals surface area contributed by atoms with E-state index in [1.165, 1.54) is 0 Å². The monoisotopic (exact) mass is 338 g/mol. The fourth-order valence-electron chi connectivity index (χ4n) is 2.25. The Morgan fingerprint density at radius 3 is 2.60 bits per heavy atom. The predicted octanol–water partition coefficient (Wildman–Crippen LogP) is 3.48. The second kappa shape index (κ2) is 7.02. The van der Waals surface area contributed by atoms with Gasteiger partial charge >= 0.3 is 0 Å². The quantitative estimate of drug-likeness (QED) is 0.877. The van der Waals surface area contributed by atoms with E-state index < -0.39 is 12.2 Å². The summed E-state index contributed by atoms with van der Waals surface area (Å²) in [5, 5.41) is 15.0. The Morgan fingerprint density at radius 1 is 1.30 bits per heavy atom. The van der Waals surface area contributed by atoms with E-state index in [1.54, 1.807) is 10.9 Å². The summed E-state index contributed by atoms with van der Waals surface area (Å²) >= 11 is 3.45. The number of hydrogen-bond acceptors (Lipinski definition) is 3. The molecule has 108 valence electrons. The van der Waals surface area contributed by atoms with Gasteiger partial charge in [0.2, 0.25) is 0 Å². The van der Waals surface area contributed by atoms with Crippen LogP contribution in [-0.2, 0) is 11.3 Å². The molecule has 5 heteroatoms. The molecule has 0 fully saturated rings. The van der Waals surface area contributed by atoms with Crippen molar-refractivity contribution in [1.82, 2.24) is 9.78 Å². The lowest BCUT2D eigenvalue weighted by Gasteiger charge is -2.24. The Morgan fingerprint density at radius 2 is 2.00 bits per heavy atom. The summed E-state index contributed by atoms with van der Waals surface area (Å²) in [5.41, 5.74) is 1.70. The van der Waals surface area contributed by atoms with Crippen molar-refractivity contribution < 1.29 is 9.84 Å². The van der Waals surface area contributed by atoms with Crippen molar-refractivity contribution in [3.63, 3.8) is 0 Å². The van der Waals surface area contributed by atoms with Crippen molar-refractivity contribution in [3.8, 4) is 0 Å². The minimum absolute atomic E-state index is 0.403. The molecule has 2 rings (SSSR count). The maximum atomic E-state index is 10.7. The van der Waals surface area contributed by atoms with Gasteiger partial charge in [0.1, 0.15) is 12.2 Å². The van der Waals surface area contributed by atoms with Gasteiger partial charge in [-0.2, -0.15) is 5.10 Å². The first-order valence-electron chi connectivity index (χ1n) is 6.74. The second-order valence-electron chi connectivity index (χ2n) is 4.42. The highest BCUT2D eigenvalue weighted by molar-refractivity contribution is 9.10. The molecule has 0 amide bonds. The summed E-state index contributed by atoms with van der Waals surface area (Å²) in [5.74, 6) is 0. The zero-order valence-electron chi connectivity index (χ0n) is 11.7. The number of aromatic nitrogens is 2. The molecular weight excluding hydrogens is 320 g/mol. The third-order valence-corrected chi connectivity index (χ3v) is 3.79. The van der Waals surface area contributed by atoms with Gasteiger partial charge in [-0.25, -0.2) is 0 Å². The van der Waals surface area contributed by atoms with E-state index >= 15 is 0 Å². The third kappa shape index (κ3) is 3.11. The lowest BCUT2D eigenvalue weighted by Crippen LogP contribution is -2.18. The first-order valence-corrected chi connectivity index (χ1v) is 7.54. The Hall–Kier alpha value is -1.17. The number of aliphatic hydroxyl groups excluding tert-OH is 1. The van der Waals surface area contributed by atoms with Crippen molar-refractivity contribution in [2.24, 2.45) is 0 Å². The molecule has 0 aliphatic carbocycles. The molecule has 2 aromatic rings.